The molecule has 0 saturated heterocycles. The predicted octanol–water partition coefficient (Wildman–Crippen LogP) is 1.89. The summed E-state index contributed by atoms with van der Waals surface area (Å²) >= 11 is 0. The fraction of sp³-hybridized carbons (Fsp3) is 0.471. The maximum atomic E-state index is 12.5. The maximum absolute atomic E-state index is 12.5. The van der Waals surface area contributed by atoms with Crippen molar-refractivity contribution in [2.24, 2.45) is 5.92 Å². The molecule has 2 aromatic rings. The van der Waals surface area contributed by atoms with Crippen LogP contribution in [0.2, 0.25) is 0 Å². The van der Waals surface area contributed by atoms with E-state index in [1.807, 2.05) is 12.1 Å². The molecule has 0 spiro atoms. The molecular weight excluding hydrogens is 292 g/mol. The highest BCUT2D eigenvalue weighted by Gasteiger charge is 2.25. The lowest BCUT2D eigenvalue weighted by Gasteiger charge is -2.31. The molecule has 0 radical (unpaired) electrons. The molecule has 1 N–H and O–H groups in total. The van der Waals surface area contributed by atoms with Crippen LogP contribution in [0.4, 0.5) is 0 Å². The third-order valence-electron chi connectivity index (χ3n) is 4.53. The summed E-state index contributed by atoms with van der Waals surface area (Å²) in [7, 11) is 1.80. The van der Waals surface area contributed by atoms with Crippen molar-refractivity contribution in [3.8, 4) is 5.69 Å². The highest BCUT2D eigenvalue weighted by atomic mass is 16.3. The van der Waals surface area contributed by atoms with Gasteiger partial charge in [-0.3, -0.25) is 4.79 Å². The summed E-state index contributed by atoms with van der Waals surface area (Å²) in [5, 5.41) is 17.8. The minimum Gasteiger partial charge on any atom is -0.393 e. The first-order valence-corrected chi connectivity index (χ1v) is 8.05. The molecule has 6 nitrogen and oxygen atoms in total. The lowest BCUT2D eigenvalue weighted by atomic mass is 9.86. The van der Waals surface area contributed by atoms with Crippen molar-refractivity contribution in [2.45, 2.75) is 31.8 Å². The number of carbonyl (C=O) groups excluding carboxylic acids is 1. The summed E-state index contributed by atoms with van der Waals surface area (Å²) in [6.07, 6.45) is 7.14. The van der Waals surface area contributed by atoms with Gasteiger partial charge in [-0.1, -0.05) is 18.1 Å². The second-order valence-corrected chi connectivity index (χ2v) is 6.19. The summed E-state index contributed by atoms with van der Waals surface area (Å²) in [6.45, 7) is 0.602. The van der Waals surface area contributed by atoms with Crippen LogP contribution in [-0.4, -0.2) is 50.6 Å². The van der Waals surface area contributed by atoms with Gasteiger partial charge in [0.25, 0.3) is 5.91 Å². The zero-order valence-electron chi connectivity index (χ0n) is 13.3. The molecule has 122 valence electrons. The highest BCUT2D eigenvalue weighted by Crippen LogP contribution is 2.25. The van der Waals surface area contributed by atoms with Crippen LogP contribution >= 0.6 is 0 Å². The lowest BCUT2D eigenvalue weighted by molar-refractivity contribution is 0.0451. The van der Waals surface area contributed by atoms with Gasteiger partial charge in [-0.05, 0) is 37.1 Å². The molecule has 1 aliphatic carbocycles. The Bertz CT molecular complexity index is 639. The summed E-state index contributed by atoms with van der Waals surface area (Å²) in [5.41, 5.74) is 1.51. The van der Waals surface area contributed by atoms with Gasteiger partial charge in [0.05, 0.1) is 24.2 Å². The van der Waals surface area contributed by atoms with Crippen LogP contribution in [0.15, 0.2) is 36.7 Å². The number of aliphatic hydroxyl groups excluding tert-OH is 1. The average Bonchev–Trinajstić information content (AvgIpc) is 3.11. The number of aliphatic hydroxyl groups is 1. The fourth-order valence-electron chi connectivity index (χ4n) is 3.16. The minimum atomic E-state index is -0.284. The van der Waals surface area contributed by atoms with E-state index in [4.69, 9.17) is 0 Å². The van der Waals surface area contributed by atoms with Gasteiger partial charge in [-0.25, -0.2) is 4.68 Å². The quantitative estimate of drug-likeness (QED) is 0.935. The van der Waals surface area contributed by atoms with E-state index in [0.717, 1.165) is 31.4 Å². The predicted molar refractivity (Wildman–Crippen MR) is 86.3 cm³/mol. The van der Waals surface area contributed by atoms with Crippen LogP contribution in [0.3, 0.4) is 0 Å². The van der Waals surface area contributed by atoms with Crippen molar-refractivity contribution in [2.75, 3.05) is 13.6 Å². The Kier molecular flexibility index (Phi) is 4.71. The summed E-state index contributed by atoms with van der Waals surface area (Å²) in [5.74, 6) is 0.167. The lowest BCUT2D eigenvalue weighted by Crippen LogP contribution is -2.38. The smallest absolute Gasteiger partial charge is 0.253 e. The first-order valence-electron chi connectivity index (χ1n) is 8.05. The minimum absolute atomic E-state index is 0.0205. The van der Waals surface area contributed by atoms with Gasteiger partial charge in [0, 0.05) is 25.1 Å². The summed E-state index contributed by atoms with van der Waals surface area (Å²) in [6, 6.07) is 7.30. The third-order valence-corrected chi connectivity index (χ3v) is 4.53. The molecule has 23 heavy (non-hydrogen) atoms. The number of nitrogens with zero attached hydrogens (tertiary/aromatic N) is 4. The largest absolute Gasteiger partial charge is 0.393 e. The molecule has 1 amide bonds. The van der Waals surface area contributed by atoms with Crippen LogP contribution in [0, 0.1) is 5.92 Å². The normalized spacial score (nSPS) is 21.1. The standard InChI is InChI=1S/C17H22N4O2/c1-20(12-14-4-2-3-5-16(14)22)17(23)13-6-8-15(9-7-13)21-11-10-18-19-21/h6-11,14,16,22H,2-5,12H2,1H3. The number of rotatable bonds is 4. The van der Waals surface area contributed by atoms with Gasteiger partial charge in [-0.2, -0.15) is 0 Å². The zero-order chi connectivity index (χ0) is 16.2. The number of aromatic nitrogens is 3. The maximum Gasteiger partial charge on any atom is 0.253 e. The highest BCUT2D eigenvalue weighted by molar-refractivity contribution is 5.94. The van der Waals surface area contributed by atoms with E-state index in [1.54, 1.807) is 41.2 Å². The molecule has 3 rings (SSSR count). The SMILES string of the molecule is CN(CC1CCCCC1O)C(=O)c1ccc(-n2ccnn2)cc1. The van der Waals surface area contributed by atoms with Crippen molar-refractivity contribution >= 4 is 5.91 Å². The number of benzene rings is 1. The Morgan fingerprint density at radius 3 is 2.70 bits per heavy atom. The van der Waals surface area contributed by atoms with Crippen molar-refractivity contribution in [3.63, 3.8) is 0 Å². The first-order chi connectivity index (χ1) is 11.1. The van der Waals surface area contributed by atoms with E-state index >= 15 is 0 Å². The number of hydrogen-bond acceptors (Lipinski definition) is 4. The van der Waals surface area contributed by atoms with E-state index in [1.165, 1.54) is 0 Å². The Morgan fingerprint density at radius 2 is 2.04 bits per heavy atom. The van der Waals surface area contributed by atoms with Crippen LogP contribution in [0.1, 0.15) is 36.0 Å². The average molecular weight is 314 g/mol. The van der Waals surface area contributed by atoms with E-state index in [0.29, 0.717) is 12.1 Å². The van der Waals surface area contributed by atoms with Crippen molar-refractivity contribution in [1.29, 1.82) is 0 Å². The molecule has 1 fully saturated rings. The monoisotopic (exact) mass is 314 g/mol. The first kappa shape index (κ1) is 15.7. The van der Waals surface area contributed by atoms with E-state index in [9.17, 15) is 9.90 Å². The van der Waals surface area contributed by atoms with Crippen molar-refractivity contribution in [3.05, 3.63) is 42.2 Å². The van der Waals surface area contributed by atoms with Gasteiger partial charge in [0.2, 0.25) is 0 Å². The summed E-state index contributed by atoms with van der Waals surface area (Å²) < 4.78 is 1.65. The third kappa shape index (κ3) is 3.59. The van der Waals surface area contributed by atoms with Gasteiger partial charge in [0.15, 0.2) is 0 Å². The Hall–Kier alpha value is -2.21. The molecule has 6 heteroatoms. The number of carbonyl (C=O) groups is 1. The van der Waals surface area contributed by atoms with E-state index in [2.05, 4.69) is 10.3 Å². The van der Waals surface area contributed by atoms with Gasteiger partial charge >= 0.3 is 0 Å². The van der Waals surface area contributed by atoms with Crippen molar-refractivity contribution in [1.82, 2.24) is 19.9 Å². The number of hydrogen-bond donors (Lipinski definition) is 1. The van der Waals surface area contributed by atoms with Gasteiger partial charge < -0.3 is 10.0 Å². The molecule has 2 atom stereocenters. The molecule has 0 bridgehead atoms. The van der Waals surface area contributed by atoms with Gasteiger partial charge in [-0.15, -0.1) is 5.10 Å². The molecule has 1 aliphatic rings. The molecule has 1 heterocycles. The van der Waals surface area contributed by atoms with Crippen LogP contribution < -0.4 is 0 Å². The topological polar surface area (TPSA) is 71.2 Å². The Balaban J connectivity index is 1.65. The second-order valence-electron chi connectivity index (χ2n) is 6.19. The zero-order valence-corrected chi connectivity index (χ0v) is 13.3. The van der Waals surface area contributed by atoms with Gasteiger partial charge in [0.1, 0.15) is 0 Å². The molecule has 0 aliphatic heterocycles. The van der Waals surface area contributed by atoms with Crippen LogP contribution in [-0.2, 0) is 0 Å². The molecule has 1 aromatic heterocycles. The molecule has 1 aromatic carbocycles. The second kappa shape index (κ2) is 6.91. The Labute approximate surface area is 135 Å². The van der Waals surface area contributed by atoms with Crippen molar-refractivity contribution < 1.29 is 9.90 Å². The van der Waals surface area contributed by atoms with Crippen LogP contribution in [0.5, 0.6) is 0 Å². The van der Waals surface area contributed by atoms with E-state index in [-0.39, 0.29) is 17.9 Å². The fourth-order valence-corrected chi connectivity index (χ4v) is 3.16. The number of amides is 1. The van der Waals surface area contributed by atoms with Crippen LogP contribution in [0.25, 0.3) is 5.69 Å². The molecule has 1 saturated carbocycles. The molecule has 2 unspecified atom stereocenters. The van der Waals surface area contributed by atoms with E-state index < -0.39 is 0 Å². The Morgan fingerprint density at radius 1 is 1.30 bits per heavy atom. The summed E-state index contributed by atoms with van der Waals surface area (Å²) in [4.78, 5) is 14.2. The molecular formula is C17H22N4O2.